The number of aryl methyl sites for hydroxylation is 1. The summed E-state index contributed by atoms with van der Waals surface area (Å²) < 4.78 is 1.32. The summed E-state index contributed by atoms with van der Waals surface area (Å²) in [6, 6.07) is 6.53. The molecule has 1 saturated carbocycles. The van der Waals surface area contributed by atoms with Crippen LogP contribution in [0.1, 0.15) is 29.9 Å². The van der Waals surface area contributed by atoms with Gasteiger partial charge in [-0.1, -0.05) is 34.1 Å². The largest absolute Gasteiger partial charge is 0.0616 e. The van der Waals surface area contributed by atoms with Crippen molar-refractivity contribution in [1.82, 2.24) is 0 Å². The zero-order valence-corrected chi connectivity index (χ0v) is 8.19. The minimum atomic E-state index is 0.851. The fourth-order valence-electron chi connectivity index (χ4n) is 1.38. The Balaban J connectivity index is 2.45. The van der Waals surface area contributed by atoms with Crippen LogP contribution in [0.3, 0.4) is 0 Å². The van der Waals surface area contributed by atoms with Crippen molar-refractivity contribution >= 4 is 15.9 Å². The van der Waals surface area contributed by atoms with Gasteiger partial charge in [0.25, 0.3) is 0 Å². The van der Waals surface area contributed by atoms with Gasteiger partial charge in [0, 0.05) is 4.47 Å². The summed E-state index contributed by atoms with van der Waals surface area (Å²) in [6.07, 6.45) is 2.75. The second kappa shape index (κ2) is 2.63. The number of hydrogen-bond donors (Lipinski definition) is 0. The molecule has 0 aromatic heterocycles. The van der Waals surface area contributed by atoms with E-state index in [1.54, 1.807) is 0 Å². The number of rotatable bonds is 1. The van der Waals surface area contributed by atoms with Gasteiger partial charge in [0.2, 0.25) is 0 Å². The van der Waals surface area contributed by atoms with Crippen LogP contribution < -0.4 is 0 Å². The maximum Gasteiger partial charge on any atom is 0.0239 e. The van der Waals surface area contributed by atoms with E-state index < -0.39 is 0 Å². The van der Waals surface area contributed by atoms with Gasteiger partial charge in [0.15, 0.2) is 0 Å². The molecule has 1 aromatic carbocycles. The third-order valence-electron chi connectivity index (χ3n) is 2.24. The predicted molar refractivity (Wildman–Crippen MR) is 50.9 cm³/mol. The highest BCUT2D eigenvalue weighted by Crippen LogP contribution is 2.43. The lowest BCUT2D eigenvalue weighted by Gasteiger charge is -2.03. The summed E-state index contributed by atoms with van der Waals surface area (Å²) in [5.41, 5.74) is 2.86. The van der Waals surface area contributed by atoms with E-state index in [0.29, 0.717) is 0 Å². The van der Waals surface area contributed by atoms with Crippen LogP contribution in [0.2, 0.25) is 0 Å². The summed E-state index contributed by atoms with van der Waals surface area (Å²) in [6.45, 7) is 2.15. The number of benzene rings is 1. The fourth-order valence-corrected chi connectivity index (χ4v) is 1.97. The lowest BCUT2D eigenvalue weighted by atomic mass is 10.1. The molecule has 0 N–H and O–H groups in total. The Kier molecular flexibility index (Phi) is 1.76. The van der Waals surface area contributed by atoms with Crippen molar-refractivity contribution in [2.45, 2.75) is 25.7 Å². The van der Waals surface area contributed by atoms with Gasteiger partial charge in [-0.3, -0.25) is 0 Å². The Morgan fingerprint density at radius 1 is 1.36 bits per heavy atom. The SMILES string of the molecule is Cc1cccc(C2CC2)c1Br. The second-order valence-electron chi connectivity index (χ2n) is 3.25. The van der Waals surface area contributed by atoms with Gasteiger partial charge in [0.1, 0.15) is 0 Å². The molecular weight excluding hydrogens is 200 g/mol. The van der Waals surface area contributed by atoms with Crippen LogP contribution in [0.4, 0.5) is 0 Å². The van der Waals surface area contributed by atoms with Crippen molar-refractivity contribution in [3.05, 3.63) is 33.8 Å². The molecule has 0 aliphatic heterocycles. The average molecular weight is 211 g/mol. The van der Waals surface area contributed by atoms with Crippen LogP contribution in [0, 0.1) is 6.92 Å². The van der Waals surface area contributed by atoms with Gasteiger partial charge in [-0.15, -0.1) is 0 Å². The Labute approximate surface area is 75.8 Å². The Morgan fingerprint density at radius 3 is 2.73 bits per heavy atom. The molecule has 0 saturated heterocycles. The van der Waals surface area contributed by atoms with Crippen molar-refractivity contribution in [2.24, 2.45) is 0 Å². The van der Waals surface area contributed by atoms with Crippen molar-refractivity contribution < 1.29 is 0 Å². The highest BCUT2D eigenvalue weighted by atomic mass is 79.9. The zero-order valence-electron chi connectivity index (χ0n) is 6.60. The van der Waals surface area contributed by atoms with Crippen LogP contribution in [-0.2, 0) is 0 Å². The summed E-state index contributed by atoms with van der Waals surface area (Å²) in [4.78, 5) is 0. The minimum absolute atomic E-state index is 0.851. The Bertz CT molecular complexity index is 274. The van der Waals surface area contributed by atoms with Crippen molar-refractivity contribution in [2.75, 3.05) is 0 Å². The molecule has 1 heteroatoms. The van der Waals surface area contributed by atoms with Gasteiger partial charge in [-0.2, -0.15) is 0 Å². The van der Waals surface area contributed by atoms with E-state index in [1.165, 1.54) is 28.4 Å². The van der Waals surface area contributed by atoms with Crippen LogP contribution >= 0.6 is 15.9 Å². The first kappa shape index (κ1) is 7.35. The van der Waals surface area contributed by atoms with E-state index in [2.05, 4.69) is 41.1 Å². The second-order valence-corrected chi connectivity index (χ2v) is 4.05. The first-order valence-electron chi connectivity index (χ1n) is 4.04. The molecular formula is C10H11Br. The normalized spacial score (nSPS) is 16.9. The maximum atomic E-state index is 3.62. The van der Waals surface area contributed by atoms with E-state index >= 15 is 0 Å². The highest BCUT2D eigenvalue weighted by Gasteiger charge is 2.25. The van der Waals surface area contributed by atoms with Crippen LogP contribution in [0.25, 0.3) is 0 Å². The van der Waals surface area contributed by atoms with Gasteiger partial charge in [0.05, 0.1) is 0 Å². The standard InChI is InChI=1S/C10H11Br/c1-7-3-2-4-9(10(7)11)8-5-6-8/h2-4,8H,5-6H2,1H3. The Hall–Kier alpha value is -0.300. The lowest BCUT2D eigenvalue weighted by molar-refractivity contribution is 1.10. The molecule has 1 aliphatic rings. The molecule has 2 rings (SSSR count). The van der Waals surface area contributed by atoms with Crippen LogP contribution in [0.5, 0.6) is 0 Å². The molecule has 0 radical (unpaired) electrons. The summed E-state index contributed by atoms with van der Waals surface area (Å²) in [5, 5.41) is 0. The molecule has 0 amide bonds. The van der Waals surface area contributed by atoms with Gasteiger partial charge >= 0.3 is 0 Å². The van der Waals surface area contributed by atoms with E-state index in [1.807, 2.05) is 0 Å². The molecule has 0 bridgehead atoms. The molecule has 1 aliphatic carbocycles. The van der Waals surface area contributed by atoms with Gasteiger partial charge in [-0.25, -0.2) is 0 Å². The number of halogens is 1. The van der Waals surface area contributed by atoms with E-state index in [-0.39, 0.29) is 0 Å². The highest BCUT2D eigenvalue weighted by molar-refractivity contribution is 9.10. The molecule has 58 valence electrons. The molecule has 1 fully saturated rings. The van der Waals surface area contributed by atoms with E-state index in [0.717, 1.165) is 5.92 Å². The van der Waals surface area contributed by atoms with Gasteiger partial charge < -0.3 is 0 Å². The third kappa shape index (κ3) is 1.34. The van der Waals surface area contributed by atoms with Crippen molar-refractivity contribution in [1.29, 1.82) is 0 Å². The quantitative estimate of drug-likeness (QED) is 0.665. The molecule has 11 heavy (non-hydrogen) atoms. The lowest BCUT2D eigenvalue weighted by Crippen LogP contribution is -1.83. The molecule has 0 spiro atoms. The molecule has 0 heterocycles. The third-order valence-corrected chi connectivity index (χ3v) is 3.32. The predicted octanol–water partition coefficient (Wildman–Crippen LogP) is 3.63. The first-order valence-corrected chi connectivity index (χ1v) is 4.83. The summed E-state index contributed by atoms with van der Waals surface area (Å²) in [5.74, 6) is 0.851. The molecule has 1 aromatic rings. The Morgan fingerprint density at radius 2 is 2.09 bits per heavy atom. The van der Waals surface area contributed by atoms with E-state index in [4.69, 9.17) is 0 Å². The maximum absolute atomic E-state index is 3.62. The van der Waals surface area contributed by atoms with Crippen LogP contribution in [-0.4, -0.2) is 0 Å². The van der Waals surface area contributed by atoms with Crippen molar-refractivity contribution in [3.8, 4) is 0 Å². The molecule has 0 nitrogen and oxygen atoms in total. The number of hydrogen-bond acceptors (Lipinski definition) is 0. The smallest absolute Gasteiger partial charge is 0.0239 e. The monoisotopic (exact) mass is 210 g/mol. The fraction of sp³-hybridized carbons (Fsp3) is 0.400. The van der Waals surface area contributed by atoms with Crippen molar-refractivity contribution in [3.63, 3.8) is 0 Å². The van der Waals surface area contributed by atoms with Gasteiger partial charge in [-0.05, 0) is 36.8 Å². The summed E-state index contributed by atoms with van der Waals surface area (Å²) in [7, 11) is 0. The van der Waals surface area contributed by atoms with E-state index in [9.17, 15) is 0 Å². The molecule has 0 unspecified atom stereocenters. The van der Waals surface area contributed by atoms with Crippen LogP contribution in [0.15, 0.2) is 22.7 Å². The zero-order chi connectivity index (χ0) is 7.84. The first-order chi connectivity index (χ1) is 5.29. The topological polar surface area (TPSA) is 0 Å². The summed E-state index contributed by atoms with van der Waals surface area (Å²) >= 11 is 3.62. The minimum Gasteiger partial charge on any atom is -0.0616 e. The molecule has 0 atom stereocenters. The average Bonchev–Trinajstić information content (AvgIpc) is 2.77.